The summed E-state index contributed by atoms with van der Waals surface area (Å²) in [5, 5.41) is 3.47. The van der Waals surface area contributed by atoms with Crippen molar-refractivity contribution in [2.24, 2.45) is 11.8 Å². The highest BCUT2D eigenvalue weighted by Crippen LogP contribution is 2.36. The average molecular weight is 205 g/mol. The fourth-order valence-corrected chi connectivity index (χ4v) is 1.77. The van der Waals surface area contributed by atoms with Crippen LogP contribution in [0.4, 0.5) is 5.69 Å². The third-order valence-electron chi connectivity index (χ3n) is 3.09. The first-order valence-corrected chi connectivity index (χ1v) is 5.67. The standard InChI is InChI=1S/C12H19N3/c1-9-6-10(9)7-14-5-4-12-3-2-11(13)8-15-12/h2-3,8-10,14H,4-7,13H2,1H3. The Morgan fingerprint density at radius 2 is 2.33 bits per heavy atom. The largest absolute Gasteiger partial charge is 0.397 e. The first-order valence-electron chi connectivity index (χ1n) is 5.67. The van der Waals surface area contributed by atoms with Crippen LogP contribution >= 0.6 is 0 Å². The smallest absolute Gasteiger partial charge is 0.0501 e. The van der Waals surface area contributed by atoms with Gasteiger partial charge in [0.25, 0.3) is 0 Å². The van der Waals surface area contributed by atoms with Crippen molar-refractivity contribution in [3.8, 4) is 0 Å². The third-order valence-corrected chi connectivity index (χ3v) is 3.09. The molecule has 1 aromatic heterocycles. The minimum Gasteiger partial charge on any atom is -0.397 e. The van der Waals surface area contributed by atoms with E-state index < -0.39 is 0 Å². The molecule has 2 unspecified atom stereocenters. The Kier molecular flexibility index (Phi) is 3.21. The number of nitrogens with zero attached hydrogens (tertiary/aromatic N) is 1. The second kappa shape index (κ2) is 4.62. The molecule has 1 aliphatic carbocycles. The van der Waals surface area contributed by atoms with Crippen LogP contribution in [0.25, 0.3) is 0 Å². The van der Waals surface area contributed by atoms with Gasteiger partial charge in [0.15, 0.2) is 0 Å². The summed E-state index contributed by atoms with van der Waals surface area (Å²) in [7, 11) is 0. The topological polar surface area (TPSA) is 50.9 Å². The van der Waals surface area contributed by atoms with Crippen LogP contribution in [0.2, 0.25) is 0 Å². The number of nitrogen functional groups attached to an aromatic ring is 1. The van der Waals surface area contributed by atoms with Gasteiger partial charge in [-0.05, 0) is 36.9 Å². The van der Waals surface area contributed by atoms with Crippen LogP contribution < -0.4 is 11.1 Å². The lowest BCUT2D eigenvalue weighted by Crippen LogP contribution is -2.20. The van der Waals surface area contributed by atoms with E-state index in [1.54, 1.807) is 6.20 Å². The Morgan fingerprint density at radius 3 is 2.93 bits per heavy atom. The minimum atomic E-state index is 0.735. The molecule has 82 valence electrons. The fraction of sp³-hybridized carbons (Fsp3) is 0.583. The maximum atomic E-state index is 5.57. The Bertz CT molecular complexity index is 307. The van der Waals surface area contributed by atoms with Gasteiger partial charge in [-0.3, -0.25) is 4.98 Å². The van der Waals surface area contributed by atoms with Crippen LogP contribution in [0.3, 0.4) is 0 Å². The van der Waals surface area contributed by atoms with Crippen molar-refractivity contribution in [2.75, 3.05) is 18.8 Å². The molecule has 3 nitrogen and oxygen atoms in total. The van der Waals surface area contributed by atoms with E-state index in [2.05, 4.69) is 17.2 Å². The van der Waals surface area contributed by atoms with Crippen molar-refractivity contribution >= 4 is 5.69 Å². The van der Waals surface area contributed by atoms with E-state index in [1.165, 1.54) is 6.42 Å². The van der Waals surface area contributed by atoms with E-state index in [9.17, 15) is 0 Å². The van der Waals surface area contributed by atoms with Gasteiger partial charge in [0.1, 0.15) is 0 Å². The molecule has 1 heterocycles. The Labute approximate surface area is 91.1 Å². The maximum absolute atomic E-state index is 5.57. The van der Waals surface area contributed by atoms with Crippen molar-refractivity contribution in [1.29, 1.82) is 0 Å². The number of hydrogen-bond donors (Lipinski definition) is 2. The lowest BCUT2D eigenvalue weighted by atomic mass is 10.2. The molecule has 1 fully saturated rings. The molecule has 2 atom stereocenters. The predicted octanol–water partition coefficient (Wildman–Crippen LogP) is 1.45. The SMILES string of the molecule is CC1CC1CNCCc1ccc(N)cn1. The molecular formula is C12H19N3. The summed E-state index contributed by atoms with van der Waals surface area (Å²) < 4.78 is 0. The molecular weight excluding hydrogens is 186 g/mol. The second-order valence-electron chi connectivity index (χ2n) is 4.51. The normalized spacial score (nSPS) is 24.1. The summed E-state index contributed by atoms with van der Waals surface area (Å²) in [5.41, 5.74) is 7.41. The molecule has 0 aliphatic heterocycles. The van der Waals surface area contributed by atoms with Crippen LogP contribution in [0, 0.1) is 11.8 Å². The highest BCUT2D eigenvalue weighted by Gasteiger charge is 2.31. The first kappa shape index (κ1) is 10.4. The molecule has 3 N–H and O–H groups in total. The number of pyridine rings is 1. The Morgan fingerprint density at radius 1 is 1.53 bits per heavy atom. The van der Waals surface area contributed by atoms with Gasteiger partial charge in [-0.1, -0.05) is 6.92 Å². The van der Waals surface area contributed by atoms with Crippen LogP contribution in [0.5, 0.6) is 0 Å². The molecule has 3 heteroatoms. The Hall–Kier alpha value is -1.09. The van der Waals surface area contributed by atoms with E-state index in [0.29, 0.717) is 0 Å². The number of hydrogen-bond acceptors (Lipinski definition) is 3. The summed E-state index contributed by atoms with van der Waals surface area (Å²) in [6.45, 7) is 4.49. The van der Waals surface area contributed by atoms with Gasteiger partial charge in [-0.2, -0.15) is 0 Å². The van der Waals surface area contributed by atoms with Gasteiger partial charge in [-0.15, -0.1) is 0 Å². The first-order chi connectivity index (χ1) is 7.25. The van der Waals surface area contributed by atoms with Gasteiger partial charge < -0.3 is 11.1 Å². The van der Waals surface area contributed by atoms with Gasteiger partial charge in [0.05, 0.1) is 11.9 Å². The second-order valence-corrected chi connectivity index (χ2v) is 4.51. The predicted molar refractivity (Wildman–Crippen MR) is 62.5 cm³/mol. The zero-order chi connectivity index (χ0) is 10.7. The van der Waals surface area contributed by atoms with Gasteiger partial charge in [-0.25, -0.2) is 0 Å². The zero-order valence-electron chi connectivity index (χ0n) is 9.24. The number of nitrogens with one attached hydrogen (secondary N) is 1. The molecule has 1 saturated carbocycles. The van der Waals surface area contributed by atoms with Crippen LogP contribution in [-0.4, -0.2) is 18.1 Å². The van der Waals surface area contributed by atoms with Crippen LogP contribution in [0.15, 0.2) is 18.3 Å². The molecule has 0 bridgehead atoms. The zero-order valence-corrected chi connectivity index (χ0v) is 9.24. The van der Waals surface area contributed by atoms with Crippen molar-refractivity contribution in [2.45, 2.75) is 19.8 Å². The molecule has 0 amide bonds. The molecule has 2 rings (SSSR count). The van der Waals surface area contributed by atoms with E-state index in [0.717, 1.165) is 42.7 Å². The fourth-order valence-electron chi connectivity index (χ4n) is 1.77. The van der Waals surface area contributed by atoms with Crippen molar-refractivity contribution < 1.29 is 0 Å². The van der Waals surface area contributed by atoms with Gasteiger partial charge in [0, 0.05) is 18.7 Å². The monoisotopic (exact) mass is 205 g/mol. The van der Waals surface area contributed by atoms with E-state index in [1.807, 2.05) is 12.1 Å². The summed E-state index contributed by atoms with van der Waals surface area (Å²) in [4.78, 5) is 4.26. The molecule has 0 aromatic carbocycles. The minimum absolute atomic E-state index is 0.735. The summed E-state index contributed by atoms with van der Waals surface area (Å²) in [6.07, 6.45) is 4.10. The number of aromatic nitrogens is 1. The maximum Gasteiger partial charge on any atom is 0.0501 e. The summed E-state index contributed by atoms with van der Waals surface area (Å²) in [5.74, 6) is 1.86. The molecule has 1 aromatic rings. The van der Waals surface area contributed by atoms with Gasteiger partial charge in [0.2, 0.25) is 0 Å². The molecule has 0 spiro atoms. The van der Waals surface area contributed by atoms with Crippen LogP contribution in [-0.2, 0) is 6.42 Å². The van der Waals surface area contributed by atoms with E-state index in [4.69, 9.17) is 5.73 Å². The highest BCUT2D eigenvalue weighted by atomic mass is 14.9. The molecule has 0 radical (unpaired) electrons. The van der Waals surface area contributed by atoms with Crippen molar-refractivity contribution in [3.05, 3.63) is 24.0 Å². The molecule has 1 aliphatic rings. The van der Waals surface area contributed by atoms with Crippen molar-refractivity contribution in [1.82, 2.24) is 10.3 Å². The number of rotatable bonds is 5. The lowest BCUT2D eigenvalue weighted by molar-refractivity contribution is 0.609. The third kappa shape index (κ3) is 3.20. The highest BCUT2D eigenvalue weighted by molar-refractivity contribution is 5.34. The summed E-state index contributed by atoms with van der Waals surface area (Å²) >= 11 is 0. The van der Waals surface area contributed by atoms with Crippen LogP contribution in [0.1, 0.15) is 19.0 Å². The number of nitrogens with two attached hydrogens (primary N) is 1. The summed E-state index contributed by atoms with van der Waals surface area (Å²) in [6, 6.07) is 3.90. The average Bonchev–Trinajstić information content (AvgIpc) is 2.92. The lowest BCUT2D eigenvalue weighted by Gasteiger charge is -2.03. The molecule has 15 heavy (non-hydrogen) atoms. The van der Waals surface area contributed by atoms with E-state index >= 15 is 0 Å². The number of anilines is 1. The van der Waals surface area contributed by atoms with Crippen molar-refractivity contribution in [3.63, 3.8) is 0 Å². The quantitative estimate of drug-likeness (QED) is 0.715. The molecule has 0 saturated heterocycles. The van der Waals surface area contributed by atoms with E-state index in [-0.39, 0.29) is 0 Å². The van der Waals surface area contributed by atoms with Gasteiger partial charge >= 0.3 is 0 Å². The Balaban J connectivity index is 1.63.